The largest absolute Gasteiger partial charge is 0.348 e. The van der Waals surface area contributed by atoms with Crippen LogP contribution in [0, 0.1) is 0 Å². The van der Waals surface area contributed by atoms with E-state index in [2.05, 4.69) is 59.8 Å². The van der Waals surface area contributed by atoms with Gasteiger partial charge in [0.2, 0.25) is 0 Å². The third kappa shape index (κ3) is 1.24. The second-order valence-electron chi connectivity index (χ2n) is 5.20. The van der Waals surface area contributed by atoms with E-state index in [0.717, 1.165) is 11.0 Å². The number of hydrogen-bond acceptors (Lipinski definition) is 1. The number of H-pyrrole nitrogens is 1. The van der Waals surface area contributed by atoms with Gasteiger partial charge >= 0.3 is 0 Å². The van der Waals surface area contributed by atoms with Crippen LogP contribution in [0.1, 0.15) is 20.8 Å². The number of hydrogen-bond donors (Lipinski definition) is 1. The van der Waals surface area contributed by atoms with Crippen molar-refractivity contribution in [2.24, 2.45) is 0 Å². The van der Waals surface area contributed by atoms with Crippen LogP contribution in [0.4, 0.5) is 0 Å². The van der Waals surface area contributed by atoms with Crippen molar-refractivity contribution in [3.63, 3.8) is 0 Å². The molecule has 2 aromatic heterocycles. The molecular formula is C13H15N3. The maximum atomic E-state index is 4.37. The summed E-state index contributed by atoms with van der Waals surface area (Å²) in [4.78, 5) is 7.51. The summed E-state index contributed by atoms with van der Waals surface area (Å²) in [5, 5.41) is 2.46. The maximum Gasteiger partial charge on any atom is 0.0976 e. The molecule has 0 fully saturated rings. The molecule has 2 heterocycles. The Kier molecular flexibility index (Phi) is 1.70. The molecule has 3 aromatic rings. The minimum absolute atomic E-state index is 0.113. The molecule has 0 aliphatic heterocycles. The van der Waals surface area contributed by atoms with Crippen molar-refractivity contribution in [2.75, 3.05) is 0 Å². The molecule has 82 valence electrons. The first-order valence-electron chi connectivity index (χ1n) is 5.50. The summed E-state index contributed by atoms with van der Waals surface area (Å²) < 4.78 is 2.24. The van der Waals surface area contributed by atoms with Crippen LogP contribution in [-0.4, -0.2) is 14.5 Å². The summed E-state index contributed by atoms with van der Waals surface area (Å²) in [5.41, 5.74) is 2.27. The van der Waals surface area contributed by atoms with Crippen molar-refractivity contribution in [2.45, 2.75) is 26.3 Å². The fourth-order valence-electron chi connectivity index (χ4n) is 2.01. The van der Waals surface area contributed by atoms with Gasteiger partial charge in [-0.25, -0.2) is 4.98 Å². The minimum Gasteiger partial charge on any atom is -0.348 e. The SMILES string of the molecule is CC(C)(C)n1cc2ccc3[nH]cnc3c2c1. The number of benzene rings is 1. The Hall–Kier alpha value is -1.77. The zero-order valence-corrected chi connectivity index (χ0v) is 9.78. The molecule has 3 nitrogen and oxygen atoms in total. The molecule has 1 aromatic carbocycles. The third-order valence-electron chi connectivity index (χ3n) is 2.99. The summed E-state index contributed by atoms with van der Waals surface area (Å²) in [7, 11) is 0. The number of aromatic amines is 1. The molecule has 0 saturated carbocycles. The van der Waals surface area contributed by atoms with E-state index < -0.39 is 0 Å². The lowest BCUT2D eigenvalue weighted by atomic mass is 10.1. The first-order valence-corrected chi connectivity index (χ1v) is 5.50. The Morgan fingerprint density at radius 1 is 1.19 bits per heavy atom. The molecule has 0 saturated heterocycles. The van der Waals surface area contributed by atoms with E-state index in [9.17, 15) is 0 Å². The molecule has 0 bridgehead atoms. The smallest absolute Gasteiger partial charge is 0.0976 e. The van der Waals surface area contributed by atoms with E-state index in [1.807, 2.05) is 0 Å². The predicted octanol–water partition coefficient (Wildman–Crippen LogP) is 3.27. The Morgan fingerprint density at radius 2 is 2.00 bits per heavy atom. The molecule has 16 heavy (non-hydrogen) atoms. The van der Waals surface area contributed by atoms with E-state index in [4.69, 9.17) is 0 Å². The quantitative estimate of drug-likeness (QED) is 0.611. The first-order chi connectivity index (χ1) is 7.55. The van der Waals surface area contributed by atoms with Crippen molar-refractivity contribution in [1.29, 1.82) is 0 Å². The van der Waals surface area contributed by atoms with Gasteiger partial charge in [-0.1, -0.05) is 6.07 Å². The number of imidazole rings is 1. The highest BCUT2D eigenvalue weighted by Crippen LogP contribution is 2.26. The number of fused-ring (bicyclic) bond motifs is 3. The fourth-order valence-corrected chi connectivity index (χ4v) is 2.01. The molecule has 1 N–H and O–H groups in total. The molecule has 0 aliphatic carbocycles. The van der Waals surface area contributed by atoms with E-state index in [-0.39, 0.29) is 5.54 Å². The predicted molar refractivity (Wildman–Crippen MR) is 66.6 cm³/mol. The number of nitrogens with one attached hydrogen (secondary N) is 1. The van der Waals surface area contributed by atoms with Crippen molar-refractivity contribution in [3.8, 4) is 0 Å². The van der Waals surface area contributed by atoms with E-state index in [1.54, 1.807) is 6.33 Å². The topological polar surface area (TPSA) is 33.6 Å². The van der Waals surface area contributed by atoms with Crippen LogP contribution in [-0.2, 0) is 5.54 Å². The highest BCUT2D eigenvalue weighted by atomic mass is 15.0. The fraction of sp³-hybridized carbons (Fsp3) is 0.308. The molecule has 0 atom stereocenters. The standard InChI is InChI=1S/C13H15N3/c1-13(2,3)16-6-9-4-5-11-12(10(9)7-16)15-8-14-11/h4-8H,1-3H3,(H,14,15). The first kappa shape index (κ1) is 9.46. The lowest BCUT2D eigenvalue weighted by molar-refractivity contribution is 0.400. The van der Waals surface area contributed by atoms with E-state index >= 15 is 0 Å². The monoisotopic (exact) mass is 213 g/mol. The van der Waals surface area contributed by atoms with Gasteiger partial charge in [-0.3, -0.25) is 0 Å². The lowest BCUT2D eigenvalue weighted by Crippen LogP contribution is -2.19. The van der Waals surface area contributed by atoms with Gasteiger partial charge in [0.05, 0.1) is 17.4 Å². The number of aromatic nitrogens is 3. The van der Waals surface area contributed by atoms with Gasteiger partial charge in [0.1, 0.15) is 0 Å². The second-order valence-corrected chi connectivity index (χ2v) is 5.20. The van der Waals surface area contributed by atoms with Crippen LogP contribution in [0.3, 0.4) is 0 Å². The third-order valence-corrected chi connectivity index (χ3v) is 2.99. The molecule has 3 heteroatoms. The molecule has 0 amide bonds. The Labute approximate surface area is 94.1 Å². The molecular weight excluding hydrogens is 198 g/mol. The minimum atomic E-state index is 0.113. The lowest BCUT2D eigenvalue weighted by Gasteiger charge is -2.20. The summed E-state index contributed by atoms with van der Waals surface area (Å²) in [5.74, 6) is 0. The van der Waals surface area contributed by atoms with Crippen LogP contribution in [0.15, 0.2) is 30.9 Å². The van der Waals surface area contributed by atoms with Crippen LogP contribution in [0.5, 0.6) is 0 Å². The van der Waals surface area contributed by atoms with Gasteiger partial charge in [-0.15, -0.1) is 0 Å². The van der Waals surface area contributed by atoms with Gasteiger partial charge in [0.15, 0.2) is 0 Å². The van der Waals surface area contributed by atoms with Crippen LogP contribution in [0.2, 0.25) is 0 Å². The highest BCUT2D eigenvalue weighted by Gasteiger charge is 2.14. The van der Waals surface area contributed by atoms with Gasteiger partial charge < -0.3 is 9.55 Å². The Bertz CT molecular complexity index is 652. The number of rotatable bonds is 0. The summed E-state index contributed by atoms with van der Waals surface area (Å²) in [6, 6.07) is 4.22. The van der Waals surface area contributed by atoms with Gasteiger partial charge in [0.25, 0.3) is 0 Å². The van der Waals surface area contributed by atoms with Crippen molar-refractivity contribution < 1.29 is 0 Å². The van der Waals surface area contributed by atoms with Crippen molar-refractivity contribution in [3.05, 3.63) is 30.9 Å². The van der Waals surface area contributed by atoms with Crippen molar-refractivity contribution >= 4 is 21.8 Å². The number of nitrogens with zero attached hydrogens (tertiary/aromatic N) is 2. The molecule has 3 rings (SSSR count). The molecule has 0 spiro atoms. The zero-order valence-electron chi connectivity index (χ0n) is 9.78. The van der Waals surface area contributed by atoms with Crippen LogP contribution in [0.25, 0.3) is 21.8 Å². The van der Waals surface area contributed by atoms with Gasteiger partial charge in [0, 0.05) is 28.7 Å². The summed E-state index contributed by atoms with van der Waals surface area (Å²) in [6.45, 7) is 6.61. The summed E-state index contributed by atoms with van der Waals surface area (Å²) in [6.07, 6.45) is 6.11. The average Bonchev–Trinajstić information content (AvgIpc) is 2.81. The molecule has 0 radical (unpaired) electrons. The average molecular weight is 213 g/mol. The molecule has 0 aliphatic rings. The summed E-state index contributed by atoms with van der Waals surface area (Å²) >= 11 is 0. The Morgan fingerprint density at radius 3 is 2.75 bits per heavy atom. The maximum absolute atomic E-state index is 4.37. The van der Waals surface area contributed by atoms with E-state index in [0.29, 0.717) is 0 Å². The van der Waals surface area contributed by atoms with Gasteiger partial charge in [-0.05, 0) is 26.8 Å². The van der Waals surface area contributed by atoms with E-state index in [1.165, 1.54) is 10.8 Å². The van der Waals surface area contributed by atoms with Gasteiger partial charge in [-0.2, -0.15) is 0 Å². The van der Waals surface area contributed by atoms with Crippen LogP contribution >= 0.6 is 0 Å². The highest BCUT2D eigenvalue weighted by molar-refractivity contribution is 6.03. The zero-order chi connectivity index (χ0) is 11.3. The molecule has 0 unspecified atom stereocenters. The second kappa shape index (κ2) is 2.88. The van der Waals surface area contributed by atoms with Crippen LogP contribution < -0.4 is 0 Å². The van der Waals surface area contributed by atoms with Crippen molar-refractivity contribution in [1.82, 2.24) is 14.5 Å². The normalized spacial score (nSPS) is 12.7. The Balaban J connectivity index is 2.39.